The molecule has 3 heterocycles. The van der Waals surface area contributed by atoms with Gasteiger partial charge in [0, 0.05) is 38.9 Å². The number of hydrogen-bond donors (Lipinski definition) is 0. The lowest BCUT2D eigenvalue weighted by Gasteiger charge is -2.39. The van der Waals surface area contributed by atoms with E-state index in [1.54, 1.807) is 12.4 Å². The molecule has 5 aromatic carbocycles. The zero-order valence-corrected chi connectivity index (χ0v) is 24.4. The fraction of sp³-hybridized carbons (Fsp3) is 0.0256. The van der Waals surface area contributed by atoms with Gasteiger partial charge in [0.2, 0.25) is 0 Å². The zero-order chi connectivity index (χ0) is 29.1. The molecule has 1 aliphatic heterocycles. The maximum Gasteiger partial charge on any atom is 0.183 e. The molecule has 7 aromatic rings. The fourth-order valence-corrected chi connectivity index (χ4v) is 8.13. The Morgan fingerprint density at radius 3 is 1.89 bits per heavy atom. The summed E-state index contributed by atoms with van der Waals surface area (Å²) in [4.78, 5) is 11.9. The predicted octanol–water partition coefficient (Wildman–Crippen LogP) is 9.10. The van der Waals surface area contributed by atoms with Gasteiger partial charge in [-0.3, -0.25) is 4.98 Å². The second-order valence-corrected chi connectivity index (χ2v) is 12.2. The van der Waals surface area contributed by atoms with Crippen molar-refractivity contribution in [3.8, 4) is 45.0 Å². The summed E-state index contributed by atoms with van der Waals surface area (Å²) < 4.78 is 0. The van der Waals surface area contributed by atoms with Crippen molar-refractivity contribution in [3.05, 3.63) is 168 Å². The molecule has 206 valence electrons. The van der Waals surface area contributed by atoms with Crippen LogP contribution < -0.4 is 0 Å². The molecule has 0 unspecified atom stereocenters. The van der Waals surface area contributed by atoms with Crippen LogP contribution in [-0.2, 0) is 5.41 Å². The normalized spacial score (nSPS) is 13.5. The first-order valence-electron chi connectivity index (χ1n) is 14.6. The maximum atomic E-state index is 5.08. The molecular weight excluding hydrogens is 557 g/mol. The summed E-state index contributed by atoms with van der Waals surface area (Å²) >= 11 is 1.86. The summed E-state index contributed by atoms with van der Waals surface area (Å²) in [6, 6.07) is 47.5. The summed E-state index contributed by atoms with van der Waals surface area (Å²) in [6.07, 6.45) is 3.53. The molecule has 2 aliphatic rings. The fourth-order valence-electron chi connectivity index (χ4n) is 6.94. The average molecular weight is 581 g/mol. The van der Waals surface area contributed by atoms with E-state index in [1.807, 2.05) is 42.1 Å². The number of aromatic nitrogens is 4. The third-order valence-corrected chi connectivity index (χ3v) is 9.93. The van der Waals surface area contributed by atoms with E-state index in [0.717, 1.165) is 28.1 Å². The minimum atomic E-state index is -0.455. The molecule has 4 nitrogen and oxygen atoms in total. The molecule has 2 aromatic heterocycles. The molecule has 44 heavy (non-hydrogen) atoms. The van der Waals surface area contributed by atoms with Crippen LogP contribution in [0, 0.1) is 0 Å². The lowest BCUT2D eigenvalue weighted by Crippen LogP contribution is -2.31. The molecule has 9 rings (SSSR count). The molecular formula is C39H24N4S. The van der Waals surface area contributed by atoms with E-state index in [1.165, 1.54) is 43.2 Å². The molecule has 1 aliphatic carbocycles. The van der Waals surface area contributed by atoms with Crippen LogP contribution in [0.25, 0.3) is 45.0 Å². The highest BCUT2D eigenvalue weighted by atomic mass is 32.2. The number of hydrogen-bond acceptors (Lipinski definition) is 5. The van der Waals surface area contributed by atoms with Crippen molar-refractivity contribution in [1.29, 1.82) is 0 Å². The van der Waals surface area contributed by atoms with Crippen molar-refractivity contribution < 1.29 is 0 Å². The first kappa shape index (κ1) is 25.1. The third-order valence-electron chi connectivity index (χ3n) is 8.77. The highest BCUT2D eigenvalue weighted by molar-refractivity contribution is 7.99. The molecule has 0 N–H and O–H groups in total. The molecule has 1 spiro atoms. The number of benzene rings is 5. The summed E-state index contributed by atoms with van der Waals surface area (Å²) in [5, 5.41) is 9.47. The van der Waals surface area contributed by atoms with E-state index >= 15 is 0 Å². The van der Waals surface area contributed by atoms with E-state index in [4.69, 9.17) is 10.1 Å². The third kappa shape index (κ3) is 3.60. The first-order chi connectivity index (χ1) is 21.8. The van der Waals surface area contributed by atoms with Crippen LogP contribution >= 0.6 is 11.8 Å². The monoisotopic (exact) mass is 580 g/mol. The van der Waals surface area contributed by atoms with Crippen molar-refractivity contribution in [2.75, 3.05) is 0 Å². The zero-order valence-electron chi connectivity index (χ0n) is 23.6. The Labute approximate surface area is 259 Å². The summed E-state index contributed by atoms with van der Waals surface area (Å²) in [5.74, 6) is 0.554. The van der Waals surface area contributed by atoms with E-state index in [0.29, 0.717) is 5.82 Å². The second kappa shape index (κ2) is 9.83. The molecule has 0 saturated carbocycles. The van der Waals surface area contributed by atoms with Gasteiger partial charge in [-0.05, 0) is 63.7 Å². The van der Waals surface area contributed by atoms with Gasteiger partial charge in [0.05, 0.1) is 5.41 Å². The van der Waals surface area contributed by atoms with Gasteiger partial charge in [0.1, 0.15) is 11.4 Å². The van der Waals surface area contributed by atoms with E-state index in [-0.39, 0.29) is 0 Å². The van der Waals surface area contributed by atoms with Crippen LogP contribution in [0.5, 0.6) is 0 Å². The van der Waals surface area contributed by atoms with Crippen LogP contribution in [0.3, 0.4) is 0 Å². The van der Waals surface area contributed by atoms with Crippen molar-refractivity contribution in [2.45, 2.75) is 15.2 Å². The quantitative estimate of drug-likeness (QED) is 0.209. The number of fused-ring (bicyclic) bond motifs is 9. The minimum Gasteiger partial charge on any atom is -0.264 e. The van der Waals surface area contributed by atoms with Gasteiger partial charge in [-0.25, -0.2) is 4.98 Å². The molecule has 0 atom stereocenters. The Morgan fingerprint density at radius 1 is 0.477 bits per heavy atom. The van der Waals surface area contributed by atoms with Gasteiger partial charge in [0.25, 0.3) is 0 Å². The van der Waals surface area contributed by atoms with Crippen LogP contribution in [0.1, 0.15) is 22.3 Å². The summed E-state index contributed by atoms with van der Waals surface area (Å²) in [7, 11) is 0. The summed E-state index contributed by atoms with van der Waals surface area (Å²) in [5.41, 5.74) is 11.6. The Bertz CT molecular complexity index is 2170. The minimum absolute atomic E-state index is 0.455. The Hall–Kier alpha value is -5.39. The smallest absolute Gasteiger partial charge is 0.183 e. The number of pyridine rings is 1. The van der Waals surface area contributed by atoms with Crippen molar-refractivity contribution in [1.82, 2.24) is 20.2 Å². The highest BCUT2D eigenvalue weighted by Crippen LogP contribution is 2.62. The van der Waals surface area contributed by atoms with Gasteiger partial charge in [-0.1, -0.05) is 115 Å². The van der Waals surface area contributed by atoms with Crippen LogP contribution in [0.15, 0.2) is 156 Å². The molecule has 0 bridgehead atoms. The SMILES string of the molecule is c1ccc(-c2nc(-c3cccnc3)nnc2-c2ccc3c(c2)C2(c4ccccc4Sc4ccccc42)c2ccccc2-3)cc1. The Morgan fingerprint density at radius 2 is 1.14 bits per heavy atom. The standard InChI is InChI=1S/C39H24N4S/c1-2-11-25(12-3-1)36-37(42-43-38(41-36)27-13-10-22-40-24-27)26-20-21-29-28-14-4-5-15-30(28)39(33(29)23-26)31-16-6-8-18-34(31)44-35-19-9-7-17-32(35)39/h1-24H. The second-order valence-electron chi connectivity index (χ2n) is 11.1. The van der Waals surface area contributed by atoms with Crippen LogP contribution in [0.2, 0.25) is 0 Å². The van der Waals surface area contributed by atoms with Gasteiger partial charge < -0.3 is 0 Å². The van der Waals surface area contributed by atoms with Gasteiger partial charge in [-0.2, -0.15) is 0 Å². The van der Waals surface area contributed by atoms with Crippen molar-refractivity contribution in [3.63, 3.8) is 0 Å². The molecule has 0 amide bonds. The largest absolute Gasteiger partial charge is 0.264 e. The van der Waals surface area contributed by atoms with E-state index < -0.39 is 5.41 Å². The van der Waals surface area contributed by atoms with Crippen LogP contribution in [-0.4, -0.2) is 20.2 Å². The molecule has 5 heteroatoms. The Kier molecular flexibility index (Phi) is 5.62. The number of nitrogens with zero attached hydrogens (tertiary/aromatic N) is 4. The molecule has 0 saturated heterocycles. The van der Waals surface area contributed by atoms with Gasteiger partial charge >= 0.3 is 0 Å². The molecule has 0 fully saturated rings. The van der Waals surface area contributed by atoms with Crippen LogP contribution in [0.4, 0.5) is 0 Å². The van der Waals surface area contributed by atoms with E-state index in [9.17, 15) is 0 Å². The maximum absolute atomic E-state index is 5.08. The lowest BCUT2D eigenvalue weighted by atomic mass is 9.67. The van der Waals surface area contributed by atoms with E-state index in [2.05, 4.69) is 113 Å². The number of rotatable bonds is 3. The van der Waals surface area contributed by atoms with Gasteiger partial charge in [0.15, 0.2) is 5.82 Å². The van der Waals surface area contributed by atoms with Crippen molar-refractivity contribution in [2.24, 2.45) is 0 Å². The average Bonchev–Trinajstić information content (AvgIpc) is 3.39. The molecule has 0 radical (unpaired) electrons. The predicted molar refractivity (Wildman–Crippen MR) is 175 cm³/mol. The summed E-state index contributed by atoms with van der Waals surface area (Å²) in [6.45, 7) is 0. The Balaban J connectivity index is 1.33. The van der Waals surface area contributed by atoms with Crippen molar-refractivity contribution >= 4 is 11.8 Å². The lowest BCUT2D eigenvalue weighted by molar-refractivity contribution is 0.722. The topological polar surface area (TPSA) is 51.6 Å². The highest BCUT2D eigenvalue weighted by Gasteiger charge is 2.50. The van der Waals surface area contributed by atoms with Gasteiger partial charge in [-0.15, -0.1) is 10.2 Å². The first-order valence-corrected chi connectivity index (χ1v) is 15.5.